The summed E-state index contributed by atoms with van der Waals surface area (Å²) in [6, 6.07) is 5.08. The van der Waals surface area contributed by atoms with E-state index in [9.17, 15) is 8.42 Å². The summed E-state index contributed by atoms with van der Waals surface area (Å²) >= 11 is 0. The molecule has 6 nitrogen and oxygen atoms in total. The Labute approximate surface area is 101 Å². The third-order valence-corrected chi connectivity index (χ3v) is 3.43. The maximum atomic E-state index is 11.4. The number of furan rings is 1. The molecule has 0 aliphatic heterocycles. The van der Waals surface area contributed by atoms with Gasteiger partial charge >= 0.3 is 0 Å². The normalized spacial score (nSPS) is 13.2. The van der Waals surface area contributed by atoms with Crippen molar-refractivity contribution in [2.24, 2.45) is 5.92 Å². The summed E-state index contributed by atoms with van der Waals surface area (Å²) in [5.74, 6) is 0.425. The molecular formula is C10H15N3O3S. The van der Waals surface area contributed by atoms with Crippen LogP contribution >= 0.6 is 0 Å². The van der Waals surface area contributed by atoms with Gasteiger partial charge in [0.1, 0.15) is 5.76 Å². The fraction of sp³-hybridized carbons (Fsp3) is 0.500. The Morgan fingerprint density at radius 3 is 2.82 bits per heavy atom. The molecule has 2 N–H and O–H groups in total. The van der Waals surface area contributed by atoms with Crippen molar-refractivity contribution in [1.82, 2.24) is 10.0 Å². The van der Waals surface area contributed by atoms with Crippen molar-refractivity contribution in [3.8, 4) is 6.07 Å². The monoisotopic (exact) mass is 257 g/mol. The molecule has 0 fully saturated rings. The Balaban J connectivity index is 2.56. The molecule has 17 heavy (non-hydrogen) atoms. The van der Waals surface area contributed by atoms with E-state index in [1.165, 1.54) is 13.1 Å². The van der Waals surface area contributed by atoms with Gasteiger partial charge in [0.25, 0.3) is 10.0 Å². The molecule has 0 aromatic carbocycles. The molecule has 0 radical (unpaired) electrons. The Morgan fingerprint density at radius 2 is 2.24 bits per heavy atom. The van der Waals surface area contributed by atoms with Crippen LogP contribution in [0.15, 0.2) is 21.6 Å². The summed E-state index contributed by atoms with van der Waals surface area (Å²) in [4.78, 5) is 0. The minimum atomic E-state index is -3.52. The van der Waals surface area contributed by atoms with Gasteiger partial charge < -0.3 is 9.73 Å². The lowest BCUT2D eigenvalue weighted by Gasteiger charge is -2.03. The van der Waals surface area contributed by atoms with Crippen LogP contribution in [-0.2, 0) is 16.6 Å². The number of nitrogens with zero attached hydrogens (tertiary/aromatic N) is 1. The number of hydrogen-bond donors (Lipinski definition) is 2. The SMILES string of the molecule is CNS(=O)(=O)c1ccc(CNCC(C)C#N)o1. The first-order valence-electron chi connectivity index (χ1n) is 5.12. The number of nitrogens with one attached hydrogen (secondary N) is 2. The highest BCUT2D eigenvalue weighted by Gasteiger charge is 2.16. The van der Waals surface area contributed by atoms with Gasteiger partial charge in [-0.1, -0.05) is 0 Å². The van der Waals surface area contributed by atoms with Crippen molar-refractivity contribution in [2.45, 2.75) is 18.6 Å². The maximum absolute atomic E-state index is 11.4. The maximum Gasteiger partial charge on any atom is 0.273 e. The van der Waals surface area contributed by atoms with Gasteiger partial charge in [-0.2, -0.15) is 5.26 Å². The molecule has 0 amide bonds. The molecule has 1 aromatic heterocycles. The van der Waals surface area contributed by atoms with E-state index in [1.54, 1.807) is 13.0 Å². The van der Waals surface area contributed by atoms with E-state index in [0.717, 1.165) is 0 Å². The summed E-state index contributed by atoms with van der Waals surface area (Å²) in [5, 5.41) is 11.5. The molecular weight excluding hydrogens is 242 g/mol. The largest absolute Gasteiger partial charge is 0.447 e. The number of rotatable bonds is 6. The van der Waals surface area contributed by atoms with E-state index < -0.39 is 10.0 Å². The number of nitriles is 1. The molecule has 1 aromatic rings. The van der Waals surface area contributed by atoms with Crippen molar-refractivity contribution in [3.05, 3.63) is 17.9 Å². The van der Waals surface area contributed by atoms with Crippen molar-refractivity contribution in [1.29, 1.82) is 5.26 Å². The predicted molar refractivity (Wildman–Crippen MR) is 61.4 cm³/mol. The zero-order chi connectivity index (χ0) is 12.9. The minimum Gasteiger partial charge on any atom is -0.447 e. The smallest absolute Gasteiger partial charge is 0.273 e. The van der Waals surface area contributed by atoms with Crippen LogP contribution in [0.5, 0.6) is 0 Å². The van der Waals surface area contributed by atoms with Crippen LogP contribution < -0.4 is 10.0 Å². The lowest BCUT2D eigenvalue weighted by Crippen LogP contribution is -2.19. The lowest BCUT2D eigenvalue weighted by molar-refractivity contribution is 0.398. The van der Waals surface area contributed by atoms with Gasteiger partial charge in [0.05, 0.1) is 18.5 Å². The molecule has 0 bridgehead atoms. The van der Waals surface area contributed by atoms with Gasteiger partial charge in [-0.15, -0.1) is 0 Å². The molecule has 0 aliphatic carbocycles. The zero-order valence-electron chi connectivity index (χ0n) is 9.73. The van der Waals surface area contributed by atoms with E-state index in [-0.39, 0.29) is 11.0 Å². The Bertz CT molecular complexity index is 501. The summed E-state index contributed by atoms with van der Waals surface area (Å²) in [6.45, 7) is 2.72. The predicted octanol–water partition coefficient (Wildman–Crippen LogP) is 0.437. The Morgan fingerprint density at radius 1 is 1.53 bits per heavy atom. The molecule has 7 heteroatoms. The van der Waals surface area contributed by atoms with Crippen LogP contribution in [0.2, 0.25) is 0 Å². The standard InChI is InChI=1S/C10H15N3O3S/c1-8(5-11)6-13-7-9-3-4-10(16-9)17(14,15)12-2/h3-4,8,12-13H,6-7H2,1-2H3. The van der Waals surface area contributed by atoms with Crippen LogP contribution in [0.1, 0.15) is 12.7 Å². The second-order valence-electron chi connectivity index (χ2n) is 3.59. The summed E-state index contributed by atoms with van der Waals surface area (Å²) < 4.78 is 30.1. The second kappa shape index (κ2) is 5.82. The fourth-order valence-electron chi connectivity index (χ4n) is 1.16. The first-order chi connectivity index (χ1) is 7.99. The molecule has 0 spiro atoms. The molecule has 94 valence electrons. The Kier molecular flexibility index (Phi) is 4.69. The summed E-state index contributed by atoms with van der Waals surface area (Å²) in [5.41, 5.74) is 0. The highest BCUT2D eigenvalue weighted by atomic mass is 32.2. The van der Waals surface area contributed by atoms with E-state index >= 15 is 0 Å². The van der Waals surface area contributed by atoms with Crippen molar-refractivity contribution in [2.75, 3.05) is 13.6 Å². The van der Waals surface area contributed by atoms with Gasteiger partial charge in [0, 0.05) is 6.54 Å². The van der Waals surface area contributed by atoms with E-state index in [1.807, 2.05) is 0 Å². The molecule has 0 aliphatic rings. The average Bonchev–Trinajstić information content (AvgIpc) is 2.78. The zero-order valence-corrected chi connectivity index (χ0v) is 10.5. The Hall–Kier alpha value is -1.36. The van der Waals surface area contributed by atoms with Crippen LogP contribution in [0.4, 0.5) is 0 Å². The molecule has 0 saturated heterocycles. The molecule has 1 unspecified atom stereocenters. The van der Waals surface area contributed by atoms with Crippen LogP contribution in [0, 0.1) is 17.2 Å². The first kappa shape index (κ1) is 13.7. The molecule has 0 saturated carbocycles. The third kappa shape index (κ3) is 3.85. The summed E-state index contributed by atoms with van der Waals surface area (Å²) in [6.07, 6.45) is 0. The fourth-order valence-corrected chi connectivity index (χ4v) is 1.82. The molecule has 1 atom stereocenters. The van der Waals surface area contributed by atoms with Crippen molar-refractivity contribution < 1.29 is 12.8 Å². The topological polar surface area (TPSA) is 95.1 Å². The van der Waals surface area contributed by atoms with Crippen LogP contribution in [0.3, 0.4) is 0 Å². The highest BCUT2D eigenvalue weighted by Crippen LogP contribution is 2.13. The van der Waals surface area contributed by atoms with E-state index in [2.05, 4.69) is 16.1 Å². The van der Waals surface area contributed by atoms with Gasteiger partial charge in [-0.05, 0) is 26.1 Å². The second-order valence-corrected chi connectivity index (χ2v) is 5.41. The van der Waals surface area contributed by atoms with Gasteiger partial charge in [-0.25, -0.2) is 13.1 Å². The van der Waals surface area contributed by atoms with E-state index in [4.69, 9.17) is 9.68 Å². The molecule has 1 rings (SSSR count). The minimum absolute atomic E-state index is 0.0922. The van der Waals surface area contributed by atoms with Gasteiger partial charge in [-0.3, -0.25) is 0 Å². The third-order valence-electron chi connectivity index (χ3n) is 2.14. The lowest BCUT2D eigenvalue weighted by atomic mass is 10.2. The van der Waals surface area contributed by atoms with Crippen molar-refractivity contribution >= 4 is 10.0 Å². The average molecular weight is 257 g/mol. The van der Waals surface area contributed by atoms with Crippen LogP contribution in [0.25, 0.3) is 0 Å². The molecule has 1 heterocycles. The summed E-state index contributed by atoms with van der Waals surface area (Å²) in [7, 11) is -2.20. The van der Waals surface area contributed by atoms with Gasteiger partial charge in [0.15, 0.2) is 0 Å². The number of sulfonamides is 1. The highest BCUT2D eigenvalue weighted by molar-refractivity contribution is 7.89. The van der Waals surface area contributed by atoms with Gasteiger partial charge in [0.2, 0.25) is 5.09 Å². The van der Waals surface area contributed by atoms with Crippen molar-refractivity contribution in [3.63, 3.8) is 0 Å². The quantitative estimate of drug-likeness (QED) is 0.771. The number of hydrogen-bond acceptors (Lipinski definition) is 5. The van der Waals surface area contributed by atoms with E-state index in [0.29, 0.717) is 18.8 Å². The first-order valence-corrected chi connectivity index (χ1v) is 6.60. The van der Waals surface area contributed by atoms with Crippen LogP contribution in [-0.4, -0.2) is 22.0 Å².